The Morgan fingerprint density at radius 2 is 2.14 bits per heavy atom. The second kappa shape index (κ2) is 9.98. The molecule has 124 valence electrons. The average molecular weight is 345 g/mol. The molecule has 1 aromatic rings. The van der Waals surface area contributed by atoms with Gasteiger partial charge in [-0.15, -0.1) is 24.2 Å². The molecule has 1 N–H and O–H groups in total. The van der Waals surface area contributed by atoms with Gasteiger partial charge < -0.3 is 15.0 Å². The number of ether oxygens (including phenoxy) is 1. The molecular formula is C16H25ClN2O2S. The summed E-state index contributed by atoms with van der Waals surface area (Å²) in [5.74, 6) is 1.98. The first kappa shape index (κ1) is 19.1. The number of amides is 1. The van der Waals surface area contributed by atoms with Crippen LogP contribution in [-0.4, -0.2) is 49.8 Å². The van der Waals surface area contributed by atoms with Gasteiger partial charge in [-0.3, -0.25) is 4.79 Å². The summed E-state index contributed by atoms with van der Waals surface area (Å²) >= 11 is 1.72. The zero-order valence-electron chi connectivity index (χ0n) is 13.2. The number of thioether (sulfide) groups is 1. The number of carbonyl (C=O) groups is 1. The number of likely N-dealkylation sites (tertiary alicyclic amines) is 1. The Bertz CT molecular complexity index is 456. The molecule has 0 saturated carbocycles. The van der Waals surface area contributed by atoms with Gasteiger partial charge in [0.05, 0.1) is 7.11 Å². The highest BCUT2D eigenvalue weighted by Crippen LogP contribution is 2.23. The Balaban J connectivity index is 0.00000242. The number of nitrogens with zero attached hydrogens (tertiary/aromatic N) is 1. The SMILES string of the molecule is CNCC1CCCN1C(=O)CCSc1ccc(OC)cc1.Cl. The molecule has 0 aromatic heterocycles. The first-order valence-corrected chi connectivity index (χ1v) is 8.44. The lowest BCUT2D eigenvalue weighted by Crippen LogP contribution is -2.40. The Kier molecular flexibility index (Phi) is 8.68. The van der Waals surface area contributed by atoms with E-state index in [4.69, 9.17) is 4.74 Å². The van der Waals surface area contributed by atoms with Crippen LogP contribution in [0.3, 0.4) is 0 Å². The van der Waals surface area contributed by atoms with Crippen molar-refractivity contribution in [1.82, 2.24) is 10.2 Å². The van der Waals surface area contributed by atoms with Crippen LogP contribution in [0.4, 0.5) is 0 Å². The fourth-order valence-corrected chi connectivity index (χ4v) is 3.52. The summed E-state index contributed by atoms with van der Waals surface area (Å²) < 4.78 is 5.14. The second-order valence-electron chi connectivity index (χ2n) is 5.21. The van der Waals surface area contributed by atoms with Crippen molar-refractivity contribution in [3.8, 4) is 5.75 Å². The second-order valence-corrected chi connectivity index (χ2v) is 6.38. The van der Waals surface area contributed by atoms with E-state index >= 15 is 0 Å². The summed E-state index contributed by atoms with van der Waals surface area (Å²) in [6, 6.07) is 8.36. The van der Waals surface area contributed by atoms with Crippen molar-refractivity contribution in [1.29, 1.82) is 0 Å². The molecule has 0 bridgehead atoms. The van der Waals surface area contributed by atoms with E-state index < -0.39 is 0 Å². The number of hydrogen-bond donors (Lipinski definition) is 1. The van der Waals surface area contributed by atoms with Crippen molar-refractivity contribution in [2.75, 3.05) is 33.0 Å². The van der Waals surface area contributed by atoms with E-state index in [0.29, 0.717) is 12.5 Å². The van der Waals surface area contributed by atoms with Crippen molar-refractivity contribution in [2.45, 2.75) is 30.2 Å². The van der Waals surface area contributed by atoms with Crippen LogP contribution in [0.1, 0.15) is 19.3 Å². The lowest BCUT2D eigenvalue weighted by atomic mass is 10.2. The highest BCUT2D eigenvalue weighted by Gasteiger charge is 2.27. The topological polar surface area (TPSA) is 41.6 Å². The molecule has 1 aromatic carbocycles. The average Bonchev–Trinajstić information content (AvgIpc) is 2.96. The van der Waals surface area contributed by atoms with Crippen molar-refractivity contribution < 1.29 is 9.53 Å². The normalized spacial score (nSPS) is 17.2. The maximum Gasteiger partial charge on any atom is 0.223 e. The first-order chi connectivity index (χ1) is 10.2. The van der Waals surface area contributed by atoms with E-state index in [9.17, 15) is 4.79 Å². The van der Waals surface area contributed by atoms with E-state index in [1.807, 2.05) is 36.2 Å². The fourth-order valence-electron chi connectivity index (χ4n) is 2.68. The third-order valence-corrected chi connectivity index (χ3v) is 4.80. The molecule has 1 fully saturated rings. The molecule has 1 atom stereocenters. The molecule has 1 heterocycles. The molecule has 1 aliphatic heterocycles. The minimum absolute atomic E-state index is 0. The van der Waals surface area contributed by atoms with Crippen LogP contribution in [0.2, 0.25) is 0 Å². The lowest BCUT2D eigenvalue weighted by Gasteiger charge is -2.24. The Hall–Kier alpha value is -0.910. The summed E-state index contributed by atoms with van der Waals surface area (Å²) in [7, 11) is 3.61. The standard InChI is InChI=1S/C16H24N2O2S.ClH/c1-17-12-13-4-3-10-18(13)16(19)9-11-21-15-7-5-14(20-2)6-8-15;/h5-8,13,17H,3-4,9-12H2,1-2H3;1H. The Morgan fingerprint density at radius 3 is 2.77 bits per heavy atom. The van der Waals surface area contributed by atoms with Gasteiger partial charge in [0.1, 0.15) is 5.75 Å². The number of rotatable bonds is 7. The number of carbonyl (C=O) groups excluding carboxylic acids is 1. The summed E-state index contributed by atoms with van der Waals surface area (Å²) in [4.78, 5) is 15.5. The van der Waals surface area contributed by atoms with E-state index in [2.05, 4.69) is 5.32 Å². The van der Waals surface area contributed by atoms with Gasteiger partial charge in [0.15, 0.2) is 0 Å². The molecule has 1 amide bonds. The zero-order valence-corrected chi connectivity index (χ0v) is 14.8. The third kappa shape index (κ3) is 5.38. The van der Waals surface area contributed by atoms with Gasteiger partial charge in [-0.2, -0.15) is 0 Å². The molecular weight excluding hydrogens is 320 g/mol. The van der Waals surface area contributed by atoms with Crippen molar-refractivity contribution in [2.24, 2.45) is 0 Å². The molecule has 2 rings (SSSR count). The van der Waals surface area contributed by atoms with Gasteiger partial charge in [-0.05, 0) is 44.2 Å². The predicted octanol–water partition coefficient (Wildman–Crippen LogP) is 2.81. The molecule has 4 nitrogen and oxygen atoms in total. The van der Waals surface area contributed by atoms with Gasteiger partial charge in [-0.1, -0.05) is 0 Å². The quantitative estimate of drug-likeness (QED) is 0.772. The van der Waals surface area contributed by atoms with Crippen molar-refractivity contribution in [3.63, 3.8) is 0 Å². The highest BCUT2D eigenvalue weighted by atomic mass is 35.5. The fraction of sp³-hybridized carbons (Fsp3) is 0.562. The molecule has 6 heteroatoms. The largest absolute Gasteiger partial charge is 0.497 e. The van der Waals surface area contributed by atoms with E-state index in [1.165, 1.54) is 4.90 Å². The van der Waals surface area contributed by atoms with Gasteiger partial charge in [0.2, 0.25) is 5.91 Å². The van der Waals surface area contributed by atoms with Crippen molar-refractivity contribution >= 4 is 30.1 Å². The van der Waals surface area contributed by atoms with Crippen LogP contribution in [0.25, 0.3) is 0 Å². The zero-order chi connectivity index (χ0) is 15.1. The van der Waals surface area contributed by atoms with Gasteiger partial charge in [-0.25, -0.2) is 0 Å². The third-order valence-electron chi connectivity index (χ3n) is 3.78. The number of nitrogens with one attached hydrogen (secondary N) is 1. The summed E-state index contributed by atoms with van der Waals surface area (Å²) in [5, 5.41) is 3.18. The number of halogens is 1. The van der Waals surface area contributed by atoms with E-state index in [-0.39, 0.29) is 18.3 Å². The number of hydrogen-bond acceptors (Lipinski definition) is 4. The lowest BCUT2D eigenvalue weighted by molar-refractivity contribution is -0.131. The summed E-state index contributed by atoms with van der Waals surface area (Å²) in [5.41, 5.74) is 0. The van der Waals surface area contributed by atoms with Crippen LogP contribution in [-0.2, 0) is 4.79 Å². The van der Waals surface area contributed by atoms with Crippen LogP contribution in [0.5, 0.6) is 5.75 Å². The molecule has 0 spiro atoms. The Labute approximate surface area is 143 Å². The molecule has 0 radical (unpaired) electrons. The minimum atomic E-state index is 0. The molecule has 1 saturated heterocycles. The van der Waals surface area contributed by atoms with E-state index in [1.54, 1.807) is 18.9 Å². The monoisotopic (exact) mass is 344 g/mol. The van der Waals surface area contributed by atoms with Crippen LogP contribution in [0.15, 0.2) is 29.2 Å². The van der Waals surface area contributed by atoms with Crippen LogP contribution in [0, 0.1) is 0 Å². The van der Waals surface area contributed by atoms with Crippen molar-refractivity contribution in [3.05, 3.63) is 24.3 Å². The number of benzene rings is 1. The smallest absolute Gasteiger partial charge is 0.223 e. The number of likely N-dealkylation sites (N-methyl/N-ethyl adjacent to an activating group) is 1. The summed E-state index contributed by atoms with van der Waals surface area (Å²) in [6.45, 7) is 1.82. The van der Waals surface area contributed by atoms with Crippen LogP contribution < -0.4 is 10.1 Å². The van der Waals surface area contributed by atoms with Crippen LogP contribution >= 0.6 is 24.2 Å². The predicted molar refractivity (Wildman–Crippen MR) is 94.2 cm³/mol. The van der Waals surface area contributed by atoms with Gasteiger partial charge in [0.25, 0.3) is 0 Å². The van der Waals surface area contributed by atoms with Gasteiger partial charge in [0, 0.05) is 36.2 Å². The molecule has 22 heavy (non-hydrogen) atoms. The minimum Gasteiger partial charge on any atom is -0.497 e. The molecule has 0 aliphatic carbocycles. The maximum absolute atomic E-state index is 12.3. The highest BCUT2D eigenvalue weighted by molar-refractivity contribution is 7.99. The molecule has 1 unspecified atom stereocenters. The first-order valence-electron chi connectivity index (χ1n) is 7.45. The van der Waals surface area contributed by atoms with E-state index in [0.717, 1.165) is 37.4 Å². The van der Waals surface area contributed by atoms with Gasteiger partial charge >= 0.3 is 0 Å². The Morgan fingerprint density at radius 1 is 1.41 bits per heavy atom. The number of methoxy groups -OCH3 is 1. The summed E-state index contributed by atoms with van der Waals surface area (Å²) in [6.07, 6.45) is 2.86. The molecule has 1 aliphatic rings. The maximum atomic E-state index is 12.3.